The minimum absolute atomic E-state index is 0.577. The van der Waals surface area contributed by atoms with Gasteiger partial charge in [-0.25, -0.2) is 15.0 Å². The molecule has 3 aromatic heterocycles. The Bertz CT molecular complexity index is 3100. The third-order valence-electron chi connectivity index (χ3n) is 10.6. The van der Waals surface area contributed by atoms with Gasteiger partial charge in [-0.05, 0) is 70.8 Å². The lowest BCUT2D eigenvalue weighted by molar-refractivity contribution is 0.668. The number of hydrogen-bond donors (Lipinski definition) is 0. The zero-order valence-corrected chi connectivity index (χ0v) is 30.2. The van der Waals surface area contributed by atoms with Gasteiger partial charge in [0.05, 0.1) is 11.0 Å². The third kappa shape index (κ3) is 5.45. The first kappa shape index (κ1) is 31.9. The quantitative estimate of drug-likeness (QED) is 0.172. The van der Waals surface area contributed by atoms with E-state index in [2.05, 4.69) is 187 Å². The van der Waals surface area contributed by atoms with Gasteiger partial charge >= 0.3 is 0 Å². The second kappa shape index (κ2) is 13.0. The minimum Gasteiger partial charge on any atom is -0.456 e. The Hall–Kier alpha value is -7.63. The number of aromatic nitrogens is 4. The van der Waals surface area contributed by atoms with Gasteiger partial charge in [-0.2, -0.15) is 0 Å². The lowest BCUT2D eigenvalue weighted by Gasteiger charge is -2.10. The fraction of sp³-hybridized carbons (Fsp3) is 0. The van der Waals surface area contributed by atoms with Gasteiger partial charge in [0.1, 0.15) is 11.2 Å². The van der Waals surface area contributed by atoms with Gasteiger partial charge in [-0.15, -0.1) is 0 Å². The van der Waals surface area contributed by atoms with Crippen molar-refractivity contribution in [2.75, 3.05) is 0 Å². The van der Waals surface area contributed by atoms with E-state index in [0.717, 1.165) is 77.6 Å². The number of nitrogens with zero attached hydrogens (tertiary/aromatic N) is 4. The average molecular weight is 717 g/mol. The van der Waals surface area contributed by atoms with E-state index in [1.165, 1.54) is 10.8 Å². The summed E-state index contributed by atoms with van der Waals surface area (Å²) in [5, 5.41) is 4.56. The second-order valence-electron chi connectivity index (χ2n) is 14.1. The standard InChI is InChI=1S/C51H32N4O/c1-3-13-33(14-4-1)35-17-11-19-37(29-35)49-52-50(38-20-12-18-36(30-38)34-15-5-2-6-16-34)54-51(53-49)39-25-27-43-44-28-26-40(32-48(44)56-47(43)31-39)55-45-23-9-7-21-41(45)42-22-8-10-24-46(42)55/h1-32H. The van der Waals surface area contributed by atoms with E-state index in [-0.39, 0.29) is 0 Å². The summed E-state index contributed by atoms with van der Waals surface area (Å²) in [5.74, 6) is 1.79. The molecule has 0 atom stereocenters. The number of hydrogen-bond acceptors (Lipinski definition) is 4. The summed E-state index contributed by atoms with van der Waals surface area (Å²) in [6.45, 7) is 0. The molecule has 0 bridgehead atoms. The van der Waals surface area contributed by atoms with Crippen molar-refractivity contribution in [2.24, 2.45) is 0 Å². The maximum atomic E-state index is 6.65. The van der Waals surface area contributed by atoms with Crippen molar-refractivity contribution in [3.63, 3.8) is 0 Å². The molecule has 0 N–H and O–H groups in total. The van der Waals surface area contributed by atoms with Crippen LogP contribution < -0.4 is 0 Å². The van der Waals surface area contributed by atoms with Crippen LogP contribution in [-0.2, 0) is 0 Å². The van der Waals surface area contributed by atoms with E-state index in [9.17, 15) is 0 Å². The summed E-state index contributed by atoms with van der Waals surface area (Å²) in [5.41, 5.74) is 12.1. The van der Waals surface area contributed by atoms with Crippen LogP contribution in [-0.4, -0.2) is 19.5 Å². The number of para-hydroxylation sites is 2. The Morgan fingerprint density at radius 3 is 1.29 bits per heavy atom. The Kier molecular flexibility index (Phi) is 7.42. The van der Waals surface area contributed by atoms with Crippen molar-refractivity contribution in [1.29, 1.82) is 0 Å². The molecule has 11 aromatic rings. The fourth-order valence-electron chi connectivity index (χ4n) is 7.94. The van der Waals surface area contributed by atoms with Crippen LogP contribution in [0.4, 0.5) is 0 Å². The summed E-state index contributed by atoms with van der Waals surface area (Å²) in [4.78, 5) is 15.3. The normalized spacial score (nSPS) is 11.6. The molecule has 3 heterocycles. The first-order valence-electron chi connectivity index (χ1n) is 18.8. The van der Waals surface area contributed by atoms with Crippen molar-refractivity contribution in [1.82, 2.24) is 19.5 Å². The molecule has 11 rings (SSSR count). The van der Waals surface area contributed by atoms with E-state index in [0.29, 0.717) is 17.5 Å². The van der Waals surface area contributed by atoms with Gasteiger partial charge in [0.25, 0.3) is 0 Å². The Morgan fingerprint density at radius 2 is 0.732 bits per heavy atom. The summed E-state index contributed by atoms with van der Waals surface area (Å²) >= 11 is 0. The van der Waals surface area contributed by atoms with E-state index >= 15 is 0 Å². The van der Waals surface area contributed by atoms with Crippen LogP contribution in [0.3, 0.4) is 0 Å². The molecule has 0 aliphatic heterocycles. The smallest absolute Gasteiger partial charge is 0.164 e. The highest BCUT2D eigenvalue weighted by atomic mass is 16.3. The van der Waals surface area contributed by atoms with Crippen LogP contribution in [0.25, 0.3) is 106 Å². The van der Waals surface area contributed by atoms with Crippen molar-refractivity contribution >= 4 is 43.7 Å². The maximum absolute atomic E-state index is 6.65. The van der Waals surface area contributed by atoms with Crippen molar-refractivity contribution in [3.05, 3.63) is 194 Å². The number of fused-ring (bicyclic) bond motifs is 6. The largest absolute Gasteiger partial charge is 0.456 e. The zero-order chi connectivity index (χ0) is 37.0. The van der Waals surface area contributed by atoms with Gasteiger partial charge in [-0.3, -0.25) is 0 Å². The topological polar surface area (TPSA) is 56.7 Å². The molecular weight excluding hydrogens is 685 g/mol. The molecule has 0 spiro atoms. The molecule has 5 nitrogen and oxygen atoms in total. The van der Waals surface area contributed by atoms with E-state index < -0.39 is 0 Å². The van der Waals surface area contributed by atoms with Crippen molar-refractivity contribution in [2.45, 2.75) is 0 Å². The third-order valence-corrected chi connectivity index (χ3v) is 10.6. The van der Waals surface area contributed by atoms with Crippen LogP contribution in [0.1, 0.15) is 0 Å². The predicted octanol–water partition coefficient (Wildman–Crippen LogP) is 13.2. The summed E-state index contributed by atoms with van der Waals surface area (Å²) in [7, 11) is 0. The number of rotatable bonds is 6. The van der Waals surface area contributed by atoms with E-state index in [1.807, 2.05) is 12.1 Å². The highest BCUT2D eigenvalue weighted by molar-refractivity contribution is 6.10. The molecule has 0 unspecified atom stereocenters. The molecule has 0 amide bonds. The Balaban J connectivity index is 1.05. The van der Waals surface area contributed by atoms with Gasteiger partial charge < -0.3 is 8.98 Å². The molecule has 0 radical (unpaired) electrons. The first-order chi connectivity index (χ1) is 27.7. The molecule has 0 aliphatic carbocycles. The monoisotopic (exact) mass is 716 g/mol. The van der Waals surface area contributed by atoms with E-state index in [1.54, 1.807) is 0 Å². The highest BCUT2D eigenvalue weighted by Gasteiger charge is 2.17. The fourth-order valence-corrected chi connectivity index (χ4v) is 7.94. The lowest BCUT2D eigenvalue weighted by Crippen LogP contribution is -2.00. The van der Waals surface area contributed by atoms with Gasteiger partial charge in [0, 0.05) is 50.0 Å². The first-order valence-corrected chi connectivity index (χ1v) is 18.8. The van der Waals surface area contributed by atoms with Crippen LogP contribution in [0.2, 0.25) is 0 Å². The molecular formula is C51H32N4O. The van der Waals surface area contributed by atoms with Crippen LogP contribution >= 0.6 is 0 Å². The summed E-state index contributed by atoms with van der Waals surface area (Å²) < 4.78 is 8.97. The Morgan fingerprint density at radius 1 is 0.304 bits per heavy atom. The molecule has 8 aromatic carbocycles. The van der Waals surface area contributed by atoms with Gasteiger partial charge in [-0.1, -0.05) is 140 Å². The van der Waals surface area contributed by atoms with Crippen molar-refractivity contribution in [3.8, 4) is 62.1 Å². The lowest BCUT2D eigenvalue weighted by atomic mass is 10.0. The molecule has 262 valence electrons. The highest BCUT2D eigenvalue weighted by Crippen LogP contribution is 2.37. The predicted molar refractivity (Wildman–Crippen MR) is 229 cm³/mol. The molecule has 5 heteroatoms. The van der Waals surface area contributed by atoms with Crippen molar-refractivity contribution < 1.29 is 4.42 Å². The number of benzene rings is 8. The summed E-state index contributed by atoms with van der Waals surface area (Å²) in [6.07, 6.45) is 0. The molecule has 0 saturated carbocycles. The molecule has 0 fully saturated rings. The zero-order valence-electron chi connectivity index (χ0n) is 30.2. The average Bonchev–Trinajstić information content (AvgIpc) is 3.82. The SMILES string of the molecule is c1ccc(-c2cccc(-c3nc(-c4cccc(-c5ccccc5)c4)nc(-c4ccc5c(c4)oc4cc(-n6c7ccccc7c7ccccc76)ccc45)n3)c2)cc1. The van der Waals surface area contributed by atoms with Crippen LogP contribution in [0.5, 0.6) is 0 Å². The summed E-state index contributed by atoms with van der Waals surface area (Å²) in [6, 6.07) is 67.4. The van der Waals surface area contributed by atoms with Gasteiger partial charge in [0.2, 0.25) is 0 Å². The van der Waals surface area contributed by atoms with E-state index in [4.69, 9.17) is 19.4 Å². The molecule has 56 heavy (non-hydrogen) atoms. The second-order valence-corrected chi connectivity index (χ2v) is 14.1. The van der Waals surface area contributed by atoms with Crippen LogP contribution in [0.15, 0.2) is 199 Å². The minimum atomic E-state index is 0.577. The molecule has 0 saturated heterocycles. The molecule has 0 aliphatic rings. The maximum Gasteiger partial charge on any atom is 0.164 e. The Labute approximate surface area is 322 Å². The van der Waals surface area contributed by atoms with Crippen LogP contribution in [0, 0.1) is 0 Å². The van der Waals surface area contributed by atoms with Gasteiger partial charge in [0.15, 0.2) is 17.5 Å². The number of furan rings is 1.